The zero-order valence-electron chi connectivity index (χ0n) is 17.3. The smallest absolute Gasteiger partial charge is 0.343 e. The zero-order valence-corrected chi connectivity index (χ0v) is 18.1. The van der Waals surface area contributed by atoms with Crippen molar-refractivity contribution in [3.63, 3.8) is 0 Å². The normalized spacial score (nSPS) is 11.3. The van der Waals surface area contributed by atoms with Gasteiger partial charge < -0.3 is 4.74 Å². The van der Waals surface area contributed by atoms with Crippen LogP contribution in [0.3, 0.4) is 0 Å². The second-order valence-corrected chi connectivity index (χ2v) is 8.66. The second kappa shape index (κ2) is 9.68. The van der Waals surface area contributed by atoms with E-state index in [4.69, 9.17) is 4.74 Å². The Morgan fingerprint density at radius 2 is 1.35 bits per heavy atom. The fraction of sp³-hybridized carbons (Fsp3) is 0.167. The van der Waals surface area contributed by atoms with Crippen molar-refractivity contribution in [2.24, 2.45) is 0 Å². The highest BCUT2D eigenvalue weighted by Crippen LogP contribution is 2.20. The molecule has 0 N–H and O–H groups in total. The molecule has 0 heterocycles. The van der Waals surface area contributed by atoms with E-state index in [1.807, 2.05) is 6.07 Å². The maximum atomic E-state index is 12.7. The van der Waals surface area contributed by atoms with Gasteiger partial charge in [-0.25, -0.2) is 13.2 Å². The molecule has 3 aromatic carbocycles. The van der Waals surface area contributed by atoms with Crippen molar-refractivity contribution in [3.05, 3.63) is 95.6 Å². The summed E-state index contributed by atoms with van der Waals surface area (Å²) >= 11 is 0. The van der Waals surface area contributed by atoms with Crippen molar-refractivity contribution >= 4 is 21.8 Å². The van der Waals surface area contributed by atoms with Gasteiger partial charge >= 0.3 is 5.97 Å². The molecule has 3 aromatic rings. The first-order chi connectivity index (χ1) is 14.9. The standard InChI is InChI=1S/C24H23NO5S/c1-3-25(4-2)31(28,29)22-12-8-11-20(17-22)24(27)30-21-15-13-19(14-16-21)23(26)18-9-6-5-7-10-18/h5-17H,3-4H2,1-2H3. The van der Waals surface area contributed by atoms with Crippen LogP contribution in [0.5, 0.6) is 5.75 Å². The van der Waals surface area contributed by atoms with Gasteiger partial charge in [-0.05, 0) is 42.5 Å². The van der Waals surface area contributed by atoms with Crippen molar-refractivity contribution in [1.29, 1.82) is 0 Å². The van der Waals surface area contributed by atoms with E-state index in [1.165, 1.54) is 40.7 Å². The van der Waals surface area contributed by atoms with Crippen LogP contribution < -0.4 is 4.74 Å². The van der Waals surface area contributed by atoms with Gasteiger partial charge in [0.1, 0.15) is 5.75 Å². The summed E-state index contributed by atoms with van der Waals surface area (Å²) in [5, 5.41) is 0. The van der Waals surface area contributed by atoms with E-state index in [1.54, 1.807) is 50.2 Å². The molecule has 0 saturated heterocycles. The van der Waals surface area contributed by atoms with Crippen LogP contribution >= 0.6 is 0 Å². The first-order valence-electron chi connectivity index (χ1n) is 9.89. The molecule has 0 fully saturated rings. The Morgan fingerprint density at radius 1 is 0.774 bits per heavy atom. The van der Waals surface area contributed by atoms with Crippen molar-refractivity contribution in [1.82, 2.24) is 4.31 Å². The summed E-state index contributed by atoms with van der Waals surface area (Å²) in [6.07, 6.45) is 0. The fourth-order valence-corrected chi connectivity index (χ4v) is 4.60. The van der Waals surface area contributed by atoms with Crippen molar-refractivity contribution < 1.29 is 22.7 Å². The average molecular weight is 438 g/mol. The third-order valence-corrected chi connectivity index (χ3v) is 6.82. The fourth-order valence-electron chi connectivity index (χ4n) is 3.09. The SMILES string of the molecule is CCN(CC)S(=O)(=O)c1cccc(C(=O)Oc2ccc(C(=O)c3ccccc3)cc2)c1. The minimum Gasteiger partial charge on any atom is -0.423 e. The largest absolute Gasteiger partial charge is 0.423 e. The summed E-state index contributed by atoms with van der Waals surface area (Å²) < 4.78 is 32.1. The summed E-state index contributed by atoms with van der Waals surface area (Å²) in [6, 6.07) is 20.9. The lowest BCUT2D eigenvalue weighted by molar-refractivity contribution is 0.0734. The molecule has 0 radical (unpaired) electrons. The first kappa shape index (κ1) is 22.4. The Bertz CT molecular complexity index is 1170. The predicted molar refractivity (Wildman–Crippen MR) is 118 cm³/mol. The quantitative estimate of drug-likeness (QED) is 0.300. The highest BCUT2D eigenvalue weighted by molar-refractivity contribution is 7.89. The molecule has 0 amide bonds. The average Bonchev–Trinajstić information content (AvgIpc) is 2.80. The number of hydrogen-bond donors (Lipinski definition) is 0. The molecule has 0 aromatic heterocycles. The molecule has 0 unspecified atom stereocenters. The highest BCUT2D eigenvalue weighted by atomic mass is 32.2. The maximum absolute atomic E-state index is 12.7. The van der Waals surface area contributed by atoms with E-state index < -0.39 is 16.0 Å². The van der Waals surface area contributed by atoms with Gasteiger partial charge in [0.2, 0.25) is 10.0 Å². The number of sulfonamides is 1. The van der Waals surface area contributed by atoms with E-state index in [2.05, 4.69) is 0 Å². The van der Waals surface area contributed by atoms with Gasteiger partial charge in [-0.15, -0.1) is 0 Å². The van der Waals surface area contributed by atoms with Crippen LogP contribution in [-0.2, 0) is 10.0 Å². The molecule has 160 valence electrons. The lowest BCUT2D eigenvalue weighted by atomic mass is 10.0. The van der Waals surface area contributed by atoms with Gasteiger partial charge in [0.25, 0.3) is 0 Å². The number of benzene rings is 3. The number of carbonyl (C=O) groups is 2. The molecule has 0 bridgehead atoms. The van der Waals surface area contributed by atoms with Gasteiger partial charge in [0, 0.05) is 24.2 Å². The monoisotopic (exact) mass is 437 g/mol. The highest BCUT2D eigenvalue weighted by Gasteiger charge is 2.23. The molecular formula is C24H23NO5S. The van der Waals surface area contributed by atoms with Crippen molar-refractivity contribution in [2.45, 2.75) is 18.7 Å². The molecule has 6 nitrogen and oxygen atoms in total. The molecule has 0 aliphatic rings. The van der Waals surface area contributed by atoms with E-state index in [-0.39, 0.29) is 22.0 Å². The van der Waals surface area contributed by atoms with Gasteiger partial charge in [0.05, 0.1) is 10.5 Å². The van der Waals surface area contributed by atoms with E-state index >= 15 is 0 Å². The number of hydrogen-bond acceptors (Lipinski definition) is 5. The van der Waals surface area contributed by atoms with Gasteiger partial charge in [-0.1, -0.05) is 50.2 Å². The summed E-state index contributed by atoms with van der Waals surface area (Å²) in [5.74, 6) is -0.557. The lowest BCUT2D eigenvalue weighted by Gasteiger charge is -2.18. The van der Waals surface area contributed by atoms with Crippen LogP contribution in [-0.4, -0.2) is 37.6 Å². The summed E-state index contributed by atoms with van der Waals surface area (Å²) in [5.41, 5.74) is 1.16. The van der Waals surface area contributed by atoms with Crippen LogP contribution in [0.1, 0.15) is 40.1 Å². The number of ketones is 1. The predicted octanol–water partition coefficient (Wildman–Crippen LogP) is 4.17. The Kier molecular flexibility index (Phi) is 6.99. The summed E-state index contributed by atoms with van der Waals surface area (Å²) in [7, 11) is -3.68. The van der Waals surface area contributed by atoms with Crippen LogP contribution in [0.4, 0.5) is 0 Å². The second-order valence-electron chi connectivity index (χ2n) is 6.73. The minimum absolute atomic E-state index is 0.0365. The van der Waals surface area contributed by atoms with E-state index in [0.717, 1.165) is 0 Å². The molecule has 31 heavy (non-hydrogen) atoms. The van der Waals surface area contributed by atoms with Crippen LogP contribution in [0.25, 0.3) is 0 Å². The van der Waals surface area contributed by atoms with E-state index in [9.17, 15) is 18.0 Å². The molecule has 0 spiro atoms. The molecule has 3 rings (SSSR count). The lowest BCUT2D eigenvalue weighted by Crippen LogP contribution is -2.30. The molecule has 0 aliphatic heterocycles. The third kappa shape index (κ3) is 5.07. The van der Waals surface area contributed by atoms with Gasteiger partial charge in [0.15, 0.2) is 5.78 Å². The number of ether oxygens (including phenoxy) is 1. The number of esters is 1. The zero-order chi connectivity index (χ0) is 22.4. The van der Waals surface area contributed by atoms with Crippen molar-refractivity contribution in [3.8, 4) is 5.75 Å². The first-order valence-corrected chi connectivity index (χ1v) is 11.3. The Morgan fingerprint density at radius 3 is 1.97 bits per heavy atom. The Balaban J connectivity index is 1.76. The van der Waals surface area contributed by atoms with Crippen LogP contribution in [0.2, 0.25) is 0 Å². The number of nitrogens with zero attached hydrogens (tertiary/aromatic N) is 1. The van der Waals surface area contributed by atoms with Gasteiger partial charge in [-0.2, -0.15) is 4.31 Å². The molecule has 7 heteroatoms. The molecular weight excluding hydrogens is 414 g/mol. The Labute approximate surface area is 182 Å². The van der Waals surface area contributed by atoms with Crippen LogP contribution in [0.15, 0.2) is 83.8 Å². The molecule has 0 atom stereocenters. The van der Waals surface area contributed by atoms with Crippen molar-refractivity contribution in [2.75, 3.05) is 13.1 Å². The number of carbonyl (C=O) groups excluding carboxylic acids is 2. The number of rotatable bonds is 8. The Hall–Kier alpha value is -3.29. The molecule has 0 saturated carbocycles. The maximum Gasteiger partial charge on any atom is 0.343 e. The summed E-state index contributed by atoms with van der Waals surface area (Å²) in [6.45, 7) is 4.18. The van der Waals surface area contributed by atoms with Crippen LogP contribution in [0, 0.1) is 0 Å². The van der Waals surface area contributed by atoms with E-state index in [0.29, 0.717) is 24.2 Å². The topological polar surface area (TPSA) is 80.8 Å². The minimum atomic E-state index is -3.68. The van der Waals surface area contributed by atoms with Gasteiger partial charge in [-0.3, -0.25) is 4.79 Å². The third-order valence-electron chi connectivity index (χ3n) is 4.78. The summed E-state index contributed by atoms with van der Waals surface area (Å²) in [4.78, 5) is 25.1. The molecule has 0 aliphatic carbocycles.